The zero-order chi connectivity index (χ0) is 23.1. The van der Waals surface area contributed by atoms with Gasteiger partial charge in [0.1, 0.15) is 17.2 Å². The number of nitrogens with zero attached hydrogens (tertiary/aromatic N) is 3. The van der Waals surface area contributed by atoms with Crippen LogP contribution in [-0.4, -0.2) is 34.2 Å². The Morgan fingerprint density at radius 2 is 1.59 bits per heavy atom. The van der Waals surface area contributed by atoms with Crippen molar-refractivity contribution >= 4 is 11.8 Å². The van der Waals surface area contributed by atoms with Gasteiger partial charge in [0.05, 0.1) is 13.7 Å². The average Bonchev–Trinajstić information content (AvgIpc) is 3.22. The number of para-hydroxylation sites is 1. The van der Waals surface area contributed by atoms with Crippen LogP contribution in [0.4, 0.5) is 0 Å². The van der Waals surface area contributed by atoms with Gasteiger partial charge in [0.25, 0.3) is 0 Å². The van der Waals surface area contributed by atoms with Gasteiger partial charge >= 0.3 is 0 Å². The third-order valence-electron chi connectivity index (χ3n) is 5.06. The lowest BCUT2D eigenvalue weighted by Crippen LogP contribution is -2.15. The van der Waals surface area contributed by atoms with E-state index in [2.05, 4.69) is 48.5 Å². The van der Waals surface area contributed by atoms with Crippen LogP contribution in [0.2, 0.25) is 0 Å². The molecular weight excluding hydrogens is 422 g/mol. The molecule has 0 fully saturated rings. The molecule has 0 amide bonds. The van der Waals surface area contributed by atoms with Crippen molar-refractivity contribution < 1.29 is 14.2 Å². The summed E-state index contributed by atoms with van der Waals surface area (Å²) in [6.07, 6.45) is -0.213. The van der Waals surface area contributed by atoms with Crippen molar-refractivity contribution in [2.24, 2.45) is 0 Å². The summed E-state index contributed by atoms with van der Waals surface area (Å²) in [6, 6.07) is 16.0. The minimum Gasteiger partial charge on any atom is -0.497 e. The predicted molar refractivity (Wildman–Crippen MR) is 129 cm³/mol. The molecule has 32 heavy (non-hydrogen) atoms. The monoisotopic (exact) mass is 455 g/mol. The normalized spacial score (nSPS) is 12.2. The Labute approximate surface area is 195 Å². The summed E-state index contributed by atoms with van der Waals surface area (Å²) in [5, 5.41) is 9.80. The number of aromatic nitrogens is 3. The summed E-state index contributed by atoms with van der Waals surface area (Å²) in [6.45, 7) is 11.2. The van der Waals surface area contributed by atoms with Crippen molar-refractivity contribution in [2.45, 2.75) is 57.8 Å². The second kappa shape index (κ2) is 11.3. The number of thioether (sulfide) groups is 1. The number of ether oxygens (including phenoxy) is 3. The maximum absolute atomic E-state index is 6.33. The largest absolute Gasteiger partial charge is 0.497 e. The molecule has 0 aliphatic carbocycles. The van der Waals surface area contributed by atoms with E-state index in [1.54, 1.807) is 18.9 Å². The third kappa shape index (κ3) is 5.97. The quantitative estimate of drug-likeness (QED) is 0.250. The fourth-order valence-electron chi connectivity index (χ4n) is 3.42. The molecule has 1 atom stereocenters. The van der Waals surface area contributed by atoms with Gasteiger partial charge in [-0.15, -0.1) is 10.2 Å². The van der Waals surface area contributed by atoms with E-state index in [9.17, 15) is 0 Å². The van der Waals surface area contributed by atoms with Gasteiger partial charge in [-0.25, -0.2) is 0 Å². The van der Waals surface area contributed by atoms with E-state index in [1.165, 1.54) is 5.56 Å². The SMILES string of the molecule is COc1ccc(OCCSc2nnc(C(C)Oc3ccccc3C(C)C)n2C(C)C)cc1. The van der Waals surface area contributed by atoms with E-state index in [0.29, 0.717) is 12.5 Å². The van der Waals surface area contributed by atoms with E-state index in [1.807, 2.05) is 49.4 Å². The molecule has 0 bridgehead atoms. The van der Waals surface area contributed by atoms with Crippen molar-refractivity contribution in [2.75, 3.05) is 19.5 Å². The molecule has 0 aliphatic heterocycles. The van der Waals surface area contributed by atoms with Crippen LogP contribution in [0.25, 0.3) is 0 Å². The highest BCUT2D eigenvalue weighted by Crippen LogP contribution is 2.31. The highest BCUT2D eigenvalue weighted by molar-refractivity contribution is 7.99. The minimum atomic E-state index is -0.213. The Kier molecular flexibility index (Phi) is 8.45. The molecule has 0 radical (unpaired) electrons. The molecule has 0 spiro atoms. The first kappa shape index (κ1) is 24.0. The van der Waals surface area contributed by atoms with Crippen molar-refractivity contribution in [3.8, 4) is 17.2 Å². The van der Waals surface area contributed by atoms with Crippen LogP contribution in [0, 0.1) is 0 Å². The van der Waals surface area contributed by atoms with Crippen molar-refractivity contribution in [3.63, 3.8) is 0 Å². The fraction of sp³-hybridized carbons (Fsp3) is 0.440. The first-order valence-electron chi connectivity index (χ1n) is 11.0. The second-order valence-corrected chi connectivity index (χ2v) is 9.19. The fourth-order valence-corrected chi connectivity index (χ4v) is 4.31. The number of methoxy groups -OCH3 is 1. The zero-order valence-corrected chi connectivity index (χ0v) is 20.6. The van der Waals surface area contributed by atoms with E-state index < -0.39 is 0 Å². The number of rotatable bonds is 11. The van der Waals surface area contributed by atoms with Gasteiger partial charge in [0.2, 0.25) is 0 Å². The molecule has 1 unspecified atom stereocenters. The first-order valence-corrected chi connectivity index (χ1v) is 12.0. The Hall–Kier alpha value is -2.67. The number of hydrogen-bond acceptors (Lipinski definition) is 6. The molecule has 172 valence electrons. The van der Waals surface area contributed by atoms with Crippen LogP contribution >= 0.6 is 11.8 Å². The van der Waals surface area contributed by atoms with Crippen LogP contribution in [0.5, 0.6) is 17.2 Å². The molecule has 0 saturated carbocycles. The van der Waals surface area contributed by atoms with Crippen molar-refractivity contribution in [1.29, 1.82) is 0 Å². The molecule has 0 saturated heterocycles. The van der Waals surface area contributed by atoms with Crippen molar-refractivity contribution in [1.82, 2.24) is 14.8 Å². The molecule has 3 aromatic rings. The smallest absolute Gasteiger partial charge is 0.191 e. The van der Waals surface area contributed by atoms with Crippen LogP contribution in [0.15, 0.2) is 53.7 Å². The highest BCUT2D eigenvalue weighted by atomic mass is 32.2. The van der Waals surface area contributed by atoms with Gasteiger partial charge < -0.3 is 18.8 Å². The zero-order valence-electron chi connectivity index (χ0n) is 19.7. The first-order chi connectivity index (χ1) is 15.4. The number of benzene rings is 2. The standard InChI is InChI=1S/C25H33N3O3S/c1-17(2)22-9-7-8-10-23(22)31-19(5)24-26-27-25(28(24)18(3)4)32-16-15-30-21-13-11-20(29-6)12-14-21/h7-14,17-19H,15-16H2,1-6H3. The van der Waals surface area contributed by atoms with Gasteiger partial charge in [-0.05, 0) is 62.6 Å². The molecule has 3 rings (SSSR count). The minimum absolute atomic E-state index is 0.213. The second-order valence-electron chi connectivity index (χ2n) is 8.13. The van der Waals surface area contributed by atoms with Crippen LogP contribution in [0.1, 0.15) is 64.1 Å². The van der Waals surface area contributed by atoms with Gasteiger partial charge in [-0.1, -0.05) is 43.8 Å². The Bertz CT molecular complexity index is 986. The maximum Gasteiger partial charge on any atom is 0.191 e. The molecular formula is C25H33N3O3S. The Balaban J connectivity index is 1.64. The summed E-state index contributed by atoms with van der Waals surface area (Å²) < 4.78 is 19.5. The lowest BCUT2D eigenvalue weighted by Gasteiger charge is -2.21. The molecule has 2 aromatic carbocycles. The van der Waals surface area contributed by atoms with E-state index in [4.69, 9.17) is 14.2 Å². The topological polar surface area (TPSA) is 58.4 Å². The molecule has 1 heterocycles. The maximum atomic E-state index is 6.33. The van der Waals surface area contributed by atoms with Crippen molar-refractivity contribution in [3.05, 3.63) is 59.9 Å². The lowest BCUT2D eigenvalue weighted by atomic mass is 10.0. The average molecular weight is 456 g/mol. The summed E-state index contributed by atoms with van der Waals surface area (Å²) >= 11 is 1.64. The number of hydrogen-bond donors (Lipinski definition) is 0. The predicted octanol–water partition coefficient (Wildman–Crippen LogP) is 6.30. The summed E-state index contributed by atoms with van der Waals surface area (Å²) in [4.78, 5) is 0. The van der Waals surface area contributed by atoms with Gasteiger partial charge in [0.15, 0.2) is 17.1 Å². The van der Waals surface area contributed by atoms with E-state index >= 15 is 0 Å². The summed E-state index contributed by atoms with van der Waals surface area (Å²) in [5.41, 5.74) is 1.19. The Morgan fingerprint density at radius 1 is 0.906 bits per heavy atom. The van der Waals surface area contributed by atoms with Gasteiger partial charge in [0, 0.05) is 11.8 Å². The highest BCUT2D eigenvalue weighted by Gasteiger charge is 2.22. The summed E-state index contributed by atoms with van der Waals surface area (Å²) in [5.74, 6) is 4.52. The molecule has 6 nitrogen and oxygen atoms in total. The van der Waals surface area contributed by atoms with Crippen LogP contribution in [-0.2, 0) is 0 Å². The molecule has 0 N–H and O–H groups in total. The molecule has 1 aromatic heterocycles. The lowest BCUT2D eigenvalue weighted by molar-refractivity contribution is 0.204. The van der Waals surface area contributed by atoms with E-state index in [0.717, 1.165) is 34.0 Å². The third-order valence-corrected chi connectivity index (χ3v) is 5.97. The van der Waals surface area contributed by atoms with Gasteiger partial charge in [-0.3, -0.25) is 0 Å². The Morgan fingerprint density at radius 3 is 2.25 bits per heavy atom. The molecule has 7 heteroatoms. The van der Waals surface area contributed by atoms with Crippen LogP contribution in [0.3, 0.4) is 0 Å². The summed E-state index contributed by atoms with van der Waals surface area (Å²) in [7, 11) is 1.65. The van der Waals surface area contributed by atoms with E-state index in [-0.39, 0.29) is 12.1 Å². The van der Waals surface area contributed by atoms with Crippen LogP contribution < -0.4 is 14.2 Å². The van der Waals surface area contributed by atoms with Gasteiger partial charge in [-0.2, -0.15) is 0 Å². The molecule has 0 aliphatic rings.